The summed E-state index contributed by atoms with van der Waals surface area (Å²) in [5.41, 5.74) is 0. The van der Waals surface area contributed by atoms with E-state index in [-0.39, 0.29) is 11.0 Å². The Hall–Kier alpha value is -1.80. The maximum Gasteiger partial charge on any atom is 0.283 e. The molecule has 2 aromatic rings. The van der Waals surface area contributed by atoms with E-state index in [1.807, 2.05) is 0 Å². The number of anilines is 1. The van der Waals surface area contributed by atoms with Crippen molar-refractivity contribution in [3.05, 3.63) is 41.7 Å². The van der Waals surface area contributed by atoms with Crippen molar-refractivity contribution in [1.29, 1.82) is 0 Å². The molecule has 9 heteroatoms. The molecule has 0 fully saturated rings. The zero-order valence-corrected chi connectivity index (χ0v) is 10.3. The fraction of sp³-hybridized carbons (Fsp3) is 0. The summed E-state index contributed by atoms with van der Waals surface area (Å²) in [5.74, 6) is -1.02. The number of sulfonamides is 1. The number of nitrogens with zero attached hydrogens (tertiary/aromatic N) is 3. The van der Waals surface area contributed by atoms with E-state index in [0.717, 1.165) is 12.4 Å². The summed E-state index contributed by atoms with van der Waals surface area (Å²) >= 11 is 5.58. The van der Waals surface area contributed by atoms with E-state index in [0.29, 0.717) is 0 Å². The lowest BCUT2D eigenvalue weighted by atomic mass is 10.5. The first-order valence-electron chi connectivity index (χ1n) is 4.60. The molecule has 0 bridgehead atoms. The maximum atomic E-state index is 13.3. The lowest BCUT2D eigenvalue weighted by molar-refractivity contribution is 0.556. The third-order valence-corrected chi connectivity index (χ3v) is 3.35. The zero-order chi connectivity index (χ0) is 13.2. The van der Waals surface area contributed by atoms with E-state index in [9.17, 15) is 12.8 Å². The average molecular weight is 289 g/mol. The Labute approximate surface area is 107 Å². The second kappa shape index (κ2) is 4.83. The van der Waals surface area contributed by atoms with E-state index in [1.165, 1.54) is 18.3 Å². The van der Waals surface area contributed by atoms with Crippen LogP contribution in [0.15, 0.2) is 35.7 Å². The Morgan fingerprint density at radius 1 is 1.28 bits per heavy atom. The number of hydrogen-bond acceptors (Lipinski definition) is 5. The molecule has 0 unspecified atom stereocenters. The van der Waals surface area contributed by atoms with Crippen LogP contribution < -0.4 is 4.72 Å². The Kier molecular flexibility index (Phi) is 3.39. The summed E-state index contributed by atoms with van der Waals surface area (Å²) in [6.07, 6.45) is 2.25. The van der Waals surface area contributed by atoms with E-state index >= 15 is 0 Å². The van der Waals surface area contributed by atoms with Crippen LogP contribution >= 0.6 is 11.6 Å². The molecule has 1 N–H and O–H groups in total. The largest absolute Gasteiger partial charge is 0.283 e. The molecule has 2 rings (SSSR count). The van der Waals surface area contributed by atoms with Gasteiger partial charge >= 0.3 is 0 Å². The summed E-state index contributed by atoms with van der Waals surface area (Å²) in [4.78, 5) is 10.7. The molecule has 18 heavy (non-hydrogen) atoms. The second-order valence-electron chi connectivity index (χ2n) is 3.12. The fourth-order valence-electron chi connectivity index (χ4n) is 1.14. The summed E-state index contributed by atoms with van der Waals surface area (Å²) < 4.78 is 39.0. The third-order valence-electron chi connectivity index (χ3n) is 1.85. The van der Waals surface area contributed by atoms with Crippen molar-refractivity contribution in [2.24, 2.45) is 0 Å². The van der Waals surface area contributed by atoms with Gasteiger partial charge in [-0.25, -0.2) is 19.3 Å². The van der Waals surface area contributed by atoms with Gasteiger partial charge < -0.3 is 0 Å². The van der Waals surface area contributed by atoms with Gasteiger partial charge in [-0.1, -0.05) is 11.6 Å². The lowest BCUT2D eigenvalue weighted by Crippen LogP contribution is -2.17. The highest BCUT2D eigenvalue weighted by Gasteiger charge is 2.21. The van der Waals surface area contributed by atoms with E-state index in [1.54, 1.807) is 0 Å². The van der Waals surface area contributed by atoms with Gasteiger partial charge in [0.1, 0.15) is 17.3 Å². The molecule has 0 spiro atoms. The molecule has 6 nitrogen and oxygen atoms in total. The monoisotopic (exact) mass is 288 g/mol. The molecule has 0 atom stereocenters. The zero-order valence-electron chi connectivity index (χ0n) is 8.71. The second-order valence-corrected chi connectivity index (χ2v) is 5.11. The fourth-order valence-corrected chi connectivity index (χ4v) is 2.30. The molecule has 94 valence electrons. The standard InChI is InChI=1S/C9H6ClFN4O2S/c10-7-4-8(14-5-13-7)15-18(16,17)9-6(11)2-1-3-12-9/h1-5H,(H,13,14,15). The van der Waals surface area contributed by atoms with Gasteiger partial charge in [0.2, 0.25) is 5.03 Å². The minimum absolute atomic E-state index is 0.0594. The van der Waals surface area contributed by atoms with Crippen molar-refractivity contribution in [2.75, 3.05) is 4.72 Å². The van der Waals surface area contributed by atoms with Crippen LogP contribution in [0.5, 0.6) is 0 Å². The average Bonchev–Trinajstić information content (AvgIpc) is 2.28. The summed E-state index contributed by atoms with van der Waals surface area (Å²) in [6.45, 7) is 0. The van der Waals surface area contributed by atoms with Crippen LogP contribution in [0.1, 0.15) is 0 Å². The van der Waals surface area contributed by atoms with Crippen LogP contribution in [-0.4, -0.2) is 23.4 Å². The van der Waals surface area contributed by atoms with Gasteiger partial charge in [0.25, 0.3) is 10.0 Å². The van der Waals surface area contributed by atoms with Gasteiger partial charge in [0, 0.05) is 12.3 Å². The van der Waals surface area contributed by atoms with Crippen molar-refractivity contribution in [3.63, 3.8) is 0 Å². The number of halogens is 2. The quantitative estimate of drug-likeness (QED) is 0.864. The van der Waals surface area contributed by atoms with Gasteiger partial charge in [0.15, 0.2) is 5.82 Å². The van der Waals surface area contributed by atoms with Crippen LogP contribution in [0.2, 0.25) is 5.15 Å². The summed E-state index contributed by atoms with van der Waals surface area (Å²) in [6, 6.07) is 3.48. The number of pyridine rings is 1. The molecule has 0 aliphatic carbocycles. The normalized spacial score (nSPS) is 11.2. The topological polar surface area (TPSA) is 84.8 Å². The Morgan fingerprint density at radius 3 is 2.72 bits per heavy atom. The Balaban J connectivity index is 2.37. The minimum Gasteiger partial charge on any atom is -0.262 e. The molecule has 0 aliphatic heterocycles. The van der Waals surface area contributed by atoms with Gasteiger partial charge in [-0.2, -0.15) is 8.42 Å². The SMILES string of the molecule is O=S(=O)(Nc1cc(Cl)ncn1)c1ncccc1F. The molecule has 0 saturated carbocycles. The highest BCUT2D eigenvalue weighted by molar-refractivity contribution is 7.92. The maximum absolute atomic E-state index is 13.3. The molecule has 0 aromatic carbocycles. The lowest BCUT2D eigenvalue weighted by Gasteiger charge is -2.06. The first-order valence-corrected chi connectivity index (χ1v) is 6.46. The number of aromatic nitrogens is 3. The summed E-state index contributed by atoms with van der Waals surface area (Å²) in [7, 11) is -4.15. The molecule has 0 amide bonds. The van der Waals surface area contributed by atoms with Gasteiger partial charge in [-0.15, -0.1) is 0 Å². The van der Waals surface area contributed by atoms with Crippen molar-refractivity contribution < 1.29 is 12.8 Å². The predicted octanol–water partition coefficient (Wildman–Crippen LogP) is 1.46. The smallest absolute Gasteiger partial charge is 0.262 e. The van der Waals surface area contributed by atoms with Crippen LogP contribution in [0, 0.1) is 5.82 Å². The highest BCUT2D eigenvalue weighted by Crippen LogP contribution is 2.16. The number of hydrogen-bond donors (Lipinski definition) is 1. The minimum atomic E-state index is -4.15. The summed E-state index contributed by atoms with van der Waals surface area (Å²) in [5, 5.41) is -0.649. The van der Waals surface area contributed by atoms with Crippen LogP contribution in [0.25, 0.3) is 0 Å². The molecule has 0 radical (unpaired) electrons. The van der Waals surface area contributed by atoms with E-state index < -0.39 is 20.9 Å². The first-order chi connectivity index (χ1) is 8.49. The van der Waals surface area contributed by atoms with Crippen molar-refractivity contribution >= 4 is 27.4 Å². The van der Waals surface area contributed by atoms with Crippen molar-refractivity contribution in [2.45, 2.75) is 5.03 Å². The number of rotatable bonds is 3. The molecular weight excluding hydrogens is 283 g/mol. The molecule has 0 saturated heterocycles. The van der Waals surface area contributed by atoms with Crippen LogP contribution in [0.4, 0.5) is 10.2 Å². The molecule has 2 heterocycles. The molecule has 2 aromatic heterocycles. The Bertz CT molecular complexity index is 680. The highest BCUT2D eigenvalue weighted by atomic mass is 35.5. The first kappa shape index (κ1) is 12.7. The Morgan fingerprint density at radius 2 is 2.06 bits per heavy atom. The van der Waals surface area contributed by atoms with Gasteiger partial charge in [-0.3, -0.25) is 4.72 Å². The van der Waals surface area contributed by atoms with Gasteiger partial charge in [-0.05, 0) is 12.1 Å². The van der Waals surface area contributed by atoms with Crippen molar-refractivity contribution in [1.82, 2.24) is 15.0 Å². The molecular formula is C9H6ClFN4O2S. The van der Waals surface area contributed by atoms with E-state index in [2.05, 4.69) is 19.7 Å². The third kappa shape index (κ3) is 2.71. The van der Waals surface area contributed by atoms with Gasteiger partial charge in [0.05, 0.1) is 0 Å². The predicted molar refractivity (Wildman–Crippen MR) is 62.0 cm³/mol. The number of nitrogens with one attached hydrogen (secondary N) is 1. The van der Waals surface area contributed by atoms with Crippen LogP contribution in [-0.2, 0) is 10.0 Å². The van der Waals surface area contributed by atoms with Crippen LogP contribution in [0.3, 0.4) is 0 Å². The van der Waals surface area contributed by atoms with E-state index in [4.69, 9.17) is 11.6 Å². The van der Waals surface area contributed by atoms with Crippen molar-refractivity contribution in [3.8, 4) is 0 Å². The molecule has 0 aliphatic rings.